The van der Waals surface area contributed by atoms with Gasteiger partial charge in [-0.3, -0.25) is 4.79 Å². The highest BCUT2D eigenvalue weighted by molar-refractivity contribution is 6.31. The van der Waals surface area contributed by atoms with E-state index < -0.39 is 0 Å². The first kappa shape index (κ1) is 15.9. The van der Waals surface area contributed by atoms with Crippen molar-refractivity contribution < 1.29 is 4.79 Å². The molecule has 5 heteroatoms. The average molecular weight is 314 g/mol. The van der Waals surface area contributed by atoms with Crippen molar-refractivity contribution in [3.05, 3.63) is 58.6 Å². The third-order valence-electron chi connectivity index (χ3n) is 3.24. The fourth-order valence-electron chi connectivity index (χ4n) is 1.94. The second kappa shape index (κ2) is 7.48. The first-order valence-corrected chi connectivity index (χ1v) is 7.27. The van der Waals surface area contributed by atoms with E-state index >= 15 is 0 Å². The van der Waals surface area contributed by atoms with Crippen molar-refractivity contribution in [1.82, 2.24) is 0 Å². The number of carbonyl (C=O) groups is 1. The zero-order valence-electron chi connectivity index (χ0n) is 12.2. The predicted octanol–water partition coefficient (Wildman–Crippen LogP) is 3.96. The summed E-state index contributed by atoms with van der Waals surface area (Å²) < 4.78 is 0. The summed E-state index contributed by atoms with van der Waals surface area (Å²) in [6.45, 7) is 2.38. The van der Waals surface area contributed by atoms with Gasteiger partial charge in [0.05, 0.1) is 11.6 Å². The van der Waals surface area contributed by atoms with E-state index in [1.54, 1.807) is 24.3 Å². The molecule has 4 nitrogen and oxygen atoms in total. The number of nitrogens with one attached hydrogen (secondary N) is 2. The Kier molecular flexibility index (Phi) is 5.40. The summed E-state index contributed by atoms with van der Waals surface area (Å²) >= 11 is 6.02. The maximum atomic E-state index is 11.9. The molecule has 2 rings (SSSR count). The largest absolute Gasteiger partial charge is 0.385 e. The summed E-state index contributed by atoms with van der Waals surface area (Å²) in [6, 6.07) is 14.6. The standard InChI is InChI=1S/C17H16ClN3O/c1-12-15(18)3-2-4-16(12)21-17(22)9-10-20-14-7-5-13(11-19)6-8-14/h2-8,20H,9-10H2,1H3,(H,21,22). The van der Waals surface area contributed by atoms with Crippen LogP contribution in [-0.2, 0) is 4.79 Å². The van der Waals surface area contributed by atoms with Crippen LogP contribution in [0.25, 0.3) is 0 Å². The van der Waals surface area contributed by atoms with E-state index in [1.807, 2.05) is 25.1 Å². The van der Waals surface area contributed by atoms with Crippen LogP contribution in [0.3, 0.4) is 0 Å². The lowest BCUT2D eigenvalue weighted by molar-refractivity contribution is -0.115. The van der Waals surface area contributed by atoms with Crippen LogP contribution in [0.4, 0.5) is 11.4 Å². The van der Waals surface area contributed by atoms with Crippen molar-refractivity contribution in [1.29, 1.82) is 5.26 Å². The molecule has 0 aliphatic heterocycles. The number of hydrogen-bond donors (Lipinski definition) is 2. The van der Waals surface area contributed by atoms with Crippen molar-refractivity contribution in [3.63, 3.8) is 0 Å². The van der Waals surface area contributed by atoms with E-state index in [0.29, 0.717) is 23.6 Å². The lowest BCUT2D eigenvalue weighted by atomic mass is 10.2. The molecule has 0 aromatic heterocycles. The highest BCUT2D eigenvalue weighted by Gasteiger charge is 2.06. The molecule has 2 aromatic rings. The number of nitrogens with zero attached hydrogens (tertiary/aromatic N) is 1. The number of rotatable bonds is 5. The number of amides is 1. The van der Waals surface area contributed by atoms with Gasteiger partial charge in [0.15, 0.2) is 0 Å². The van der Waals surface area contributed by atoms with Crippen LogP contribution in [-0.4, -0.2) is 12.5 Å². The van der Waals surface area contributed by atoms with Gasteiger partial charge < -0.3 is 10.6 Å². The lowest BCUT2D eigenvalue weighted by Gasteiger charge is -2.10. The van der Waals surface area contributed by atoms with E-state index in [9.17, 15) is 4.79 Å². The number of anilines is 2. The van der Waals surface area contributed by atoms with E-state index in [1.165, 1.54) is 0 Å². The van der Waals surface area contributed by atoms with Crippen LogP contribution in [0, 0.1) is 18.3 Å². The van der Waals surface area contributed by atoms with Gasteiger partial charge >= 0.3 is 0 Å². The zero-order valence-corrected chi connectivity index (χ0v) is 12.9. The van der Waals surface area contributed by atoms with Crippen molar-refractivity contribution in [2.45, 2.75) is 13.3 Å². The van der Waals surface area contributed by atoms with Crippen LogP contribution in [0.2, 0.25) is 5.02 Å². The van der Waals surface area contributed by atoms with Gasteiger partial charge in [-0.1, -0.05) is 17.7 Å². The molecule has 0 saturated heterocycles. The summed E-state index contributed by atoms with van der Waals surface area (Å²) in [5.74, 6) is -0.0773. The maximum Gasteiger partial charge on any atom is 0.226 e. The van der Waals surface area contributed by atoms with Crippen LogP contribution in [0.5, 0.6) is 0 Å². The zero-order chi connectivity index (χ0) is 15.9. The van der Waals surface area contributed by atoms with Gasteiger partial charge in [0.1, 0.15) is 0 Å². The summed E-state index contributed by atoms with van der Waals surface area (Å²) in [6.07, 6.45) is 0.339. The van der Waals surface area contributed by atoms with Crippen LogP contribution < -0.4 is 10.6 Å². The molecule has 0 fully saturated rings. The maximum absolute atomic E-state index is 11.9. The minimum absolute atomic E-state index is 0.0773. The Morgan fingerprint density at radius 2 is 1.95 bits per heavy atom. The molecule has 0 spiro atoms. The molecule has 0 aliphatic rings. The topological polar surface area (TPSA) is 64.9 Å². The smallest absolute Gasteiger partial charge is 0.226 e. The Hall–Kier alpha value is -2.51. The number of benzene rings is 2. The van der Waals surface area contributed by atoms with E-state index in [0.717, 1.165) is 16.9 Å². The van der Waals surface area contributed by atoms with Gasteiger partial charge in [-0.15, -0.1) is 0 Å². The second-order valence-corrected chi connectivity index (χ2v) is 5.23. The summed E-state index contributed by atoms with van der Waals surface area (Å²) in [4.78, 5) is 11.9. The quantitative estimate of drug-likeness (QED) is 0.878. The summed E-state index contributed by atoms with van der Waals surface area (Å²) in [5, 5.41) is 15.4. The Labute approximate surface area is 134 Å². The molecule has 0 heterocycles. The first-order valence-electron chi connectivity index (χ1n) is 6.89. The number of hydrogen-bond acceptors (Lipinski definition) is 3. The summed E-state index contributed by atoms with van der Waals surface area (Å²) in [7, 11) is 0. The van der Waals surface area contributed by atoms with Crippen molar-refractivity contribution >= 4 is 28.9 Å². The highest BCUT2D eigenvalue weighted by Crippen LogP contribution is 2.22. The van der Waals surface area contributed by atoms with Gasteiger partial charge in [-0.25, -0.2) is 0 Å². The Bertz CT molecular complexity index is 705. The molecule has 0 radical (unpaired) electrons. The molecule has 22 heavy (non-hydrogen) atoms. The molecule has 1 amide bonds. The van der Waals surface area contributed by atoms with E-state index in [-0.39, 0.29) is 5.91 Å². The Balaban J connectivity index is 1.82. The average Bonchev–Trinajstić information content (AvgIpc) is 2.52. The second-order valence-electron chi connectivity index (χ2n) is 4.83. The molecule has 2 N–H and O–H groups in total. The molecule has 0 bridgehead atoms. The minimum atomic E-state index is -0.0773. The lowest BCUT2D eigenvalue weighted by Crippen LogP contribution is -2.16. The molecule has 0 unspecified atom stereocenters. The highest BCUT2D eigenvalue weighted by atomic mass is 35.5. The number of carbonyl (C=O) groups excluding carboxylic acids is 1. The fraction of sp³-hybridized carbons (Fsp3) is 0.176. The van der Waals surface area contributed by atoms with Crippen molar-refractivity contribution in [3.8, 4) is 6.07 Å². The van der Waals surface area contributed by atoms with Gasteiger partial charge in [-0.2, -0.15) is 5.26 Å². The van der Waals surface area contributed by atoms with Crippen molar-refractivity contribution in [2.75, 3.05) is 17.2 Å². The Morgan fingerprint density at radius 3 is 2.64 bits per heavy atom. The van der Waals surface area contributed by atoms with Crippen LogP contribution >= 0.6 is 11.6 Å². The van der Waals surface area contributed by atoms with Gasteiger partial charge in [0.2, 0.25) is 5.91 Å². The third kappa shape index (κ3) is 4.24. The third-order valence-corrected chi connectivity index (χ3v) is 3.65. The SMILES string of the molecule is Cc1c(Cl)cccc1NC(=O)CCNc1ccc(C#N)cc1. The normalized spacial score (nSPS) is 9.86. The van der Waals surface area contributed by atoms with E-state index in [2.05, 4.69) is 16.7 Å². The van der Waals surface area contributed by atoms with Gasteiger partial charge in [0.25, 0.3) is 0 Å². The molecule has 0 atom stereocenters. The molecule has 0 aliphatic carbocycles. The first-order chi connectivity index (χ1) is 10.6. The predicted molar refractivity (Wildman–Crippen MR) is 89.1 cm³/mol. The Morgan fingerprint density at radius 1 is 1.23 bits per heavy atom. The van der Waals surface area contributed by atoms with Gasteiger partial charge in [-0.05, 0) is 48.9 Å². The number of nitriles is 1. The monoisotopic (exact) mass is 313 g/mol. The number of halogens is 1. The van der Waals surface area contributed by atoms with Crippen molar-refractivity contribution in [2.24, 2.45) is 0 Å². The summed E-state index contributed by atoms with van der Waals surface area (Å²) in [5.41, 5.74) is 3.08. The van der Waals surface area contributed by atoms with Crippen LogP contribution in [0.1, 0.15) is 17.5 Å². The van der Waals surface area contributed by atoms with Crippen LogP contribution in [0.15, 0.2) is 42.5 Å². The molecule has 2 aromatic carbocycles. The molecule has 0 saturated carbocycles. The minimum Gasteiger partial charge on any atom is -0.385 e. The molecular weight excluding hydrogens is 298 g/mol. The van der Waals surface area contributed by atoms with Gasteiger partial charge in [0, 0.05) is 29.4 Å². The molecule has 112 valence electrons. The fourth-order valence-corrected chi connectivity index (χ4v) is 2.11. The molecular formula is C17H16ClN3O. The van der Waals surface area contributed by atoms with E-state index in [4.69, 9.17) is 16.9 Å².